The molecule has 10 nitrogen and oxygen atoms in total. The number of carbonyl (C=O) groups excluding carboxylic acids is 2. The average Bonchev–Trinajstić information content (AvgIpc) is 3.79. The molecule has 4 bridgehead atoms. The Hall–Kier alpha value is -4.96. The number of aromatic nitrogens is 2. The molecule has 4 heterocycles. The maximum absolute atomic E-state index is 14.0. The highest BCUT2D eigenvalue weighted by Gasteiger charge is 2.26. The van der Waals surface area contributed by atoms with Crippen LogP contribution >= 0.6 is 0 Å². The number of methoxy groups -OCH3 is 2. The van der Waals surface area contributed by atoms with E-state index in [9.17, 15) is 14.7 Å². The third kappa shape index (κ3) is 9.53. The van der Waals surface area contributed by atoms with Gasteiger partial charge in [0.15, 0.2) is 11.5 Å². The van der Waals surface area contributed by atoms with Crippen LogP contribution < -0.4 is 15.4 Å². The molecule has 282 valence electrons. The summed E-state index contributed by atoms with van der Waals surface area (Å²) in [6.45, 7) is 5.06. The van der Waals surface area contributed by atoms with Crippen molar-refractivity contribution in [2.24, 2.45) is 11.8 Å². The van der Waals surface area contributed by atoms with Gasteiger partial charge in [-0.3, -0.25) is 9.59 Å². The minimum absolute atomic E-state index is 0.00773. The van der Waals surface area contributed by atoms with E-state index in [0.717, 1.165) is 79.5 Å². The van der Waals surface area contributed by atoms with Crippen LogP contribution in [0.1, 0.15) is 81.5 Å². The SMILES string of the molecule is CCC1CCC(OC(C)=O)CC(=O)CC(c2ccc(O)c(OC)c2)n2cc3cccc(c3c2)NC2=CC(=CCN2)C(CCCOC)Cc2c[nH]cc2C1. The van der Waals surface area contributed by atoms with Crippen LogP contribution in [0.15, 0.2) is 84.7 Å². The summed E-state index contributed by atoms with van der Waals surface area (Å²) in [7, 11) is 3.28. The predicted octanol–water partition coefficient (Wildman–Crippen LogP) is 7.98. The minimum Gasteiger partial charge on any atom is -0.504 e. The number of esters is 1. The van der Waals surface area contributed by atoms with E-state index in [2.05, 4.69) is 76.2 Å². The summed E-state index contributed by atoms with van der Waals surface area (Å²) in [5.74, 6) is 1.60. The Bertz CT molecular complexity index is 1940. The van der Waals surface area contributed by atoms with Gasteiger partial charge in [-0.25, -0.2) is 0 Å². The first-order valence-electron chi connectivity index (χ1n) is 19.0. The van der Waals surface area contributed by atoms with Crippen molar-refractivity contribution in [1.82, 2.24) is 14.9 Å². The summed E-state index contributed by atoms with van der Waals surface area (Å²) in [5, 5.41) is 19.7. The Labute approximate surface area is 312 Å². The van der Waals surface area contributed by atoms with Crippen LogP contribution in [0.2, 0.25) is 0 Å². The zero-order chi connectivity index (χ0) is 37.3. The molecule has 4 N–H and O–H groups in total. The van der Waals surface area contributed by atoms with E-state index in [-0.39, 0.29) is 30.3 Å². The number of ether oxygens (including phenoxy) is 3. The zero-order valence-corrected chi connectivity index (χ0v) is 31.5. The number of anilines is 1. The van der Waals surface area contributed by atoms with Crippen molar-refractivity contribution in [2.45, 2.75) is 83.8 Å². The Morgan fingerprint density at radius 2 is 1.85 bits per heavy atom. The number of benzene rings is 2. The van der Waals surface area contributed by atoms with Gasteiger partial charge in [-0.1, -0.05) is 37.6 Å². The van der Waals surface area contributed by atoms with Crippen molar-refractivity contribution in [2.75, 3.05) is 32.7 Å². The number of phenols is 1. The summed E-state index contributed by atoms with van der Waals surface area (Å²) in [5.41, 5.74) is 5.73. The molecule has 10 heteroatoms. The second-order valence-corrected chi connectivity index (χ2v) is 14.5. The fraction of sp³-hybridized carbons (Fsp3) is 0.442. The monoisotopic (exact) mass is 722 g/mol. The van der Waals surface area contributed by atoms with Gasteiger partial charge in [-0.05, 0) is 96.9 Å². The van der Waals surface area contributed by atoms with E-state index in [4.69, 9.17) is 14.2 Å². The maximum Gasteiger partial charge on any atom is 0.302 e. The first kappa shape index (κ1) is 37.8. The summed E-state index contributed by atoms with van der Waals surface area (Å²) in [4.78, 5) is 29.7. The standard InChI is InChI=1S/C43H54N4O6/c1-5-29-11-13-37(53-28(2)48)22-36(49)23-40(32-12-14-41(50)42(20-32)52-4)47-26-33-8-6-10-39(38(33)27-47)46-43-21-31(15-16-45-43)30(9-7-17-51-3)19-35-25-44-24-34(35)18-29/h6,8,10,12,14-15,20-21,24-27,29-30,37,40,44-46,50H,5,7,9,11,13,16-19,22-23H2,1-4H3. The van der Waals surface area contributed by atoms with Crippen molar-refractivity contribution in [1.29, 1.82) is 0 Å². The van der Waals surface area contributed by atoms with Crippen molar-refractivity contribution < 1.29 is 28.9 Å². The molecule has 2 aromatic carbocycles. The summed E-state index contributed by atoms with van der Waals surface area (Å²) < 4.78 is 18.8. The summed E-state index contributed by atoms with van der Waals surface area (Å²) in [6, 6.07) is 11.0. The van der Waals surface area contributed by atoms with Crippen molar-refractivity contribution in [3.63, 3.8) is 0 Å². The van der Waals surface area contributed by atoms with Crippen LogP contribution in [0.4, 0.5) is 5.69 Å². The Balaban J connectivity index is 1.41. The minimum atomic E-state index is -0.514. The molecule has 2 aliphatic heterocycles. The van der Waals surface area contributed by atoms with Crippen LogP contribution in [0.3, 0.4) is 0 Å². The number of hydrogen-bond donors (Lipinski definition) is 4. The highest BCUT2D eigenvalue weighted by Crippen LogP contribution is 2.36. The third-order valence-electron chi connectivity index (χ3n) is 10.8. The molecule has 0 aliphatic carbocycles. The van der Waals surface area contributed by atoms with Crippen molar-refractivity contribution in [3.8, 4) is 11.5 Å². The van der Waals surface area contributed by atoms with Crippen molar-refractivity contribution >= 4 is 28.2 Å². The number of fused-ring (bicyclic) bond motifs is 3. The summed E-state index contributed by atoms with van der Waals surface area (Å²) in [6.07, 6.45) is 19.0. The molecule has 2 aromatic heterocycles. The number of allylic oxidation sites excluding steroid dienone is 2. The van der Waals surface area contributed by atoms with E-state index in [1.165, 1.54) is 30.7 Å². The Kier molecular flexibility index (Phi) is 12.6. The molecule has 4 unspecified atom stereocenters. The molecular formula is C43H54N4O6. The quantitative estimate of drug-likeness (QED) is 0.107. The number of phenolic OH excluding ortho intramolecular Hbond substituents is 1. The van der Waals surface area contributed by atoms with Gasteiger partial charge in [0.1, 0.15) is 17.7 Å². The average molecular weight is 723 g/mol. The molecule has 0 spiro atoms. The maximum atomic E-state index is 14.0. The number of nitrogens with zero attached hydrogens (tertiary/aromatic N) is 1. The number of carbonyl (C=O) groups is 2. The van der Waals surface area contributed by atoms with E-state index < -0.39 is 12.1 Å². The lowest BCUT2D eigenvalue weighted by Crippen LogP contribution is -2.25. The summed E-state index contributed by atoms with van der Waals surface area (Å²) >= 11 is 0. The molecule has 2 aliphatic rings. The number of ketones is 1. The molecule has 4 atom stereocenters. The van der Waals surface area contributed by atoms with Gasteiger partial charge in [0, 0.05) is 81.3 Å². The van der Waals surface area contributed by atoms with Crippen LogP contribution in [0, 0.1) is 11.8 Å². The van der Waals surface area contributed by atoms with Gasteiger partial charge < -0.3 is 39.5 Å². The molecule has 0 radical (unpaired) electrons. The topological polar surface area (TPSA) is 127 Å². The first-order chi connectivity index (χ1) is 25.7. The lowest BCUT2D eigenvalue weighted by atomic mass is 9.84. The number of Topliss-reactive ketones (excluding diaryl/α,β-unsaturated/α-hetero) is 1. The highest BCUT2D eigenvalue weighted by atomic mass is 16.5. The number of aromatic amines is 1. The van der Waals surface area contributed by atoms with Crippen LogP contribution in [0.25, 0.3) is 10.8 Å². The van der Waals surface area contributed by atoms with Crippen LogP contribution in [0.5, 0.6) is 11.5 Å². The van der Waals surface area contributed by atoms with Gasteiger partial charge in [-0.15, -0.1) is 0 Å². The molecular weight excluding hydrogens is 668 g/mol. The molecule has 0 saturated carbocycles. The molecule has 0 fully saturated rings. The second kappa shape index (κ2) is 17.7. The molecule has 0 amide bonds. The molecule has 0 saturated heterocycles. The van der Waals surface area contributed by atoms with Gasteiger partial charge in [0.2, 0.25) is 0 Å². The fourth-order valence-corrected chi connectivity index (χ4v) is 7.95. The predicted molar refractivity (Wildman–Crippen MR) is 208 cm³/mol. The lowest BCUT2D eigenvalue weighted by Gasteiger charge is -2.25. The lowest BCUT2D eigenvalue weighted by molar-refractivity contribution is -0.148. The molecule has 6 rings (SSSR count). The van der Waals surface area contributed by atoms with Crippen molar-refractivity contribution in [3.05, 3.63) is 101 Å². The van der Waals surface area contributed by atoms with Gasteiger partial charge in [0.25, 0.3) is 0 Å². The van der Waals surface area contributed by atoms with E-state index in [1.54, 1.807) is 19.2 Å². The molecule has 53 heavy (non-hydrogen) atoms. The van der Waals surface area contributed by atoms with Gasteiger partial charge in [-0.2, -0.15) is 0 Å². The number of rotatable bonds is 8. The van der Waals surface area contributed by atoms with Gasteiger partial charge in [0.05, 0.1) is 13.2 Å². The van der Waals surface area contributed by atoms with E-state index >= 15 is 0 Å². The van der Waals surface area contributed by atoms with Gasteiger partial charge >= 0.3 is 5.97 Å². The highest BCUT2D eigenvalue weighted by molar-refractivity contribution is 5.94. The van der Waals surface area contributed by atoms with E-state index in [1.807, 2.05) is 12.1 Å². The third-order valence-corrected chi connectivity index (χ3v) is 10.8. The Morgan fingerprint density at radius 3 is 2.62 bits per heavy atom. The Morgan fingerprint density at radius 1 is 1.02 bits per heavy atom. The number of nitrogens with one attached hydrogen (secondary N) is 3. The zero-order valence-electron chi connectivity index (χ0n) is 31.5. The second-order valence-electron chi connectivity index (χ2n) is 14.5. The van der Waals surface area contributed by atoms with Crippen LogP contribution in [-0.4, -0.2) is 59.9 Å². The number of dihydropyridines is 1. The largest absolute Gasteiger partial charge is 0.504 e. The molecule has 4 aromatic rings. The number of hydrogen-bond acceptors (Lipinski definition) is 8. The van der Waals surface area contributed by atoms with Crippen LogP contribution in [-0.2, 0) is 31.9 Å². The number of H-pyrrole nitrogens is 1. The first-order valence-corrected chi connectivity index (χ1v) is 19.0. The number of aromatic hydroxyl groups is 1. The smallest absolute Gasteiger partial charge is 0.302 e. The van der Waals surface area contributed by atoms with E-state index in [0.29, 0.717) is 24.0 Å². The normalized spacial score (nSPS) is 21.4. The fourth-order valence-electron chi connectivity index (χ4n) is 7.95.